The van der Waals surface area contributed by atoms with E-state index >= 15 is 0 Å². The maximum atomic E-state index is 4.50. The predicted molar refractivity (Wildman–Crippen MR) is 101 cm³/mol. The van der Waals surface area contributed by atoms with Crippen molar-refractivity contribution in [3.8, 4) is 0 Å². The van der Waals surface area contributed by atoms with Gasteiger partial charge in [-0.2, -0.15) is 0 Å². The minimum Gasteiger partial charge on any atom is -0.354 e. The van der Waals surface area contributed by atoms with Gasteiger partial charge in [-0.1, -0.05) is 55.6 Å². The van der Waals surface area contributed by atoms with Gasteiger partial charge in [-0.3, -0.25) is 4.99 Å². The van der Waals surface area contributed by atoms with Crippen LogP contribution in [0, 0.1) is 0 Å². The molecule has 0 amide bonds. The Hall–Kier alpha value is -2.87. The number of rotatable bonds is 5. The number of hydrogen-bond donors (Lipinski definition) is 1. The molecule has 0 bridgehead atoms. The van der Waals surface area contributed by atoms with Crippen LogP contribution in [0.1, 0.15) is 13.3 Å². The Morgan fingerprint density at radius 1 is 1.17 bits per heavy atom. The fraction of sp³-hybridized carbons (Fsp3) is 0.0952. The molecule has 1 heterocycles. The van der Waals surface area contributed by atoms with Crippen LogP contribution >= 0.6 is 0 Å². The largest absolute Gasteiger partial charge is 0.354 e. The van der Waals surface area contributed by atoms with Gasteiger partial charge in [-0.05, 0) is 41.0 Å². The molecular formula is C21H20N2. The fourth-order valence-corrected chi connectivity index (χ4v) is 2.74. The number of anilines is 1. The van der Waals surface area contributed by atoms with E-state index in [0.29, 0.717) is 0 Å². The Kier molecular flexibility index (Phi) is 4.24. The first kappa shape index (κ1) is 15.0. The molecule has 0 aromatic heterocycles. The molecule has 0 spiro atoms. The Morgan fingerprint density at radius 2 is 1.96 bits per heavy atom. The topological polar surface area (TPSA) is 24.4 Å². The van der Waals surface area contributed by atoms with Crippen molar-refractivity contribution >= 4 is 22.2 Å². The number of allylic oxidation sites excluding steroid dienone is 5. The van der Waals surface area contributed by atoms with Gasteiger partial charge in [0.25, 0.3) is 0 Å². The van der Waals surface area contributed by atoms with Gasteiger partial charge in [0.15, 0.2) is 0 Å². The summed E-state index contributed by atoms with van der Waals surface area (Å²) < 4.78 is 0. The zero-order valence-corrected chi connectivity index (χ0v) is 13.3. The van der Waals surface area contributed by atoms with Crippen LogP contribution in [0.15, 0.2) is 95.8 Å². The van der Waals surface area contributed by atoms with Crippen LogP contribution in [0.25, 0.3) is 10.8 Å². The summed E-state index contributed by atoms with van der Waals surface area (Å²) in [5, 5.41) is 5.81. The SMILES string of the molecule is C=C/C(=C\C)C1=CN=C(C(=C)Nc2ccc3ccccc3c2)C1. The lowest BCUT2D eigenvalue weighted by Gasteiger charge is -2.11. The molecule has 1 aliphatic rings. The van der Waals surface area contributed by atoms with E-state index in [1.807, 2.05) is 31.3 Å². The van der Waals surface area contributed by atoms with Crippen LogP contribution in [0.4, 0.5) is 5.69 Å². The molecule has 23 heavy (non-hydrogen) atoms. The smallest absolute Gasteiger partial charge is 0.0676 e. The van der Waals surface area contributed by atoms with Crippen LogP contribution in [-0.4, -0.2) is 5.71 Å². The molecule has 0 radical (unpaired) electrons. The van der Waals surface area contributed by atoms with E-state index in [4.69, 9.17) is 0 Å². The standard InChI is InChI=1S/C21H20N2/c1-4-16(5-2)19-13-21(22-14-19)15(3)23-20-11-10-17-8-6-7-9-18(17)12-20/h4-12,14,23H,1,3,13H2,2H3/b16-5+. The number of nitrogens with zero attached hydrogens (tertiary/aromatic N) is 1. The minimum atomic E-state index is 0.783. The van der Waals surface area contributed by atoms with Crippen molar-refractivity contribution in [3.05, 3.63) is 90.8 Å². The number of fused-ring (bicyclic) bond motifs is 1. The highest BCUT2D eigenvalue weighted by molar-refractivity contribution is 6.05. The molecule has 1 aliphatic heterocycles. The molecule has 114 valence electrons. The Labute approximate surface area is 137 Å². The van der Waals surface area contributed by atoms with Gasteiger partial charge in [0.2, 0.25) is 0 Å². The van der Waals surface area contributed by atoms with Crippen LogP contribution in [0.2, 0.25) is 0 Å². The summed E-state index contributed by atoms with van der Waals surface area (Å²) >= 11 is 0. The third kappa shape index (κ3) is 3.16. The lowest BCUT2D eigenvalue weighted by atomic mass is 10.0. The summed E-state index contributed by atoms with van der Waals surface area (Å²) in [6.45, 7) is 9.99. The number of benzene rings is 2. The first-order valence-electron chi connectivity index (χ1n) is 7.71. The van der Waals surface area contributed by atoms with E-state index in [9.17, 15) is 0 Å². The number of hydrogen-bond acceptors (Lipinski definition) is 2. The minimum absolute atomic E-state index is 0.783. The van der Waals surface area contributed by atoms with Gasteiger partial charge in [0.05, 0.1) is 11.4 Å². The first-order chi connectivity index (χ1) is 11.2. The van der Waals surface area contributed by atoms with E-state index in [1.165, 1.54) is 16.3 Å². The zero-order chi connectivity index (χ0) is 16.2. The highest BCUT2D eigenvalue weighted by Crippen LogP contribution is 2.25. The fourth-order valence-electron chi connectivity index (χ4n) is 2.74. The molecule has 2 aromatic rings. The Bertz CT molecular complexity index is 866. The van der Waals surface area contributed by atoms with Crippen molar-refractivity contribution in [2.45, 2.75) is 13.3 Å². The second-order valence-corrected chi connectivity index (χ2v) is 5.52. The highest BCUT2D eigenvalue weighted by Gasteiger charge is 2.15. The molecule has 0 fully saturated rings. The van der Waals surface area contributed by atoms with Gasteiger partial charge in [0, 0.05) is 18.3 Å². The highest BCUT2D eigenvalue weighted by atomic mass is 14.9. The molecule has 1 N–H and O–H groups in total. The van der Waals surface area contributed by atoms with Crippen LogP contribution < -0.4 is 5.32 Å². The van der Waals surface area contributed by atoms with Crippen LogP contribution in [-0.2, 0) is 0 Å². The van der Waals surface area contributed by atoms with E-state index < -0.39 is 0 Å². The van der Waals surface area contributed by atoms with Crippen molar-refractivity contribution in [1.29, 1.82) is 0 Å². The quantitative estimate of drug-likeness (QED) is 0.711. The van der Waals surface area contributed by atoms with E-state index in [2.05, 4.69) is 59.9 Å². The number of aliphatic imine (C=N–C) groups is 1. The van der Waals surface area contributed by atoms with Crippen LogP contribution in [0.3, 0.4) is 0 Å². The summed E-state index contributed by atoms with van der Waals surface area (Å²) in [6.07, 6.45) is 6.60. The van der Waals surface area contributed by atoms with E-state index in [-0.39, 0.29) is 0 Å². The summed E-state index contributed by atoms with van der Waals surface area (Å²) in [4.78, 5) is 4.50. The molecule has 0 unspecified atom stereocenters. The molecule has 0 atom stereocenters. The molecule has 3 rings (SSSR count). The van der Waals surface area contributed by atoms with E-state index in [1.54, 1.807) is 0 Å². The van der Waals surface area contributed by atoms with Gasteiger partial charge >= 0.3 is 0 Å². The van der Waals surface area contributed by atoms with Gasteiger partial charge in [0.1, 0.15) is 0 Å². The maximum absolute atomic E-state index is 4.50. The van der Waals surface area contributed by atoms with Crippen molar-refractivity contribution < 1.29 is 0 Å². The second kappa shape index (κ2) is 6.49. The maximum Gasteiger partial charge on any atom is 0.0676 e. The Morgan fingerprint density at radius 3 is 2.70 bits per heavy atom. The molecule has 0 saturated heterocycles. The molecule has 2 heteroatoms. The first-order valence-corrected chi connectivity index (χ1v) is 7.71. The summed E-state index contributed by atoms with van der Waals surface area (Å²) in [5.41, 5.74) is 5.14. The van der Waals surface area contributed by atoms with Gasteiger partial charge in [-0.25, -0.2) is 0 Å². The zero-order valence-electron chi connectivity index (χ0n) is 13.3. The second-order valence-electron chi connectivity index (χ2n) is 5.52. The van der Waals surface area contributed by atoms with Crippen LogP contribution in [0.5, 0.6) is 0 Å². The van der Waals surface area contributed by atoms with E-state index in [0.717, 1.165) is 29.1 Å². The molecule has 0 saturated carbocycles. The lowest BCUT2D eigenvalue weighted by Crippen LogP contribution is -2.09. The molecule has 0 aliphatic carbocycles. The Balaban J connectivity index is 1.71. The average molecular weight is 300 g/mol. The van der Waals surface area contributed by atoms with Crippen molar-refractivity contribution in [2.75, 3.05) is 5.32 Å². The predicted octanol–water partition coefficient (Wildman–Crippen LogP) is 5.63. The number of nitrogens with one attached hydrogen (secondary N) is 1. The summed E-state index contributed by atoms with van der Waals surface area (Å²) in [5.74, 6) is 0. The normalized spacial score (nSPS) is 14.4. The average Bonchev–Trinajstić information content (AvgIpc) is 3.06. The van der Waals surface area contributed by atoms with Crippen molar-refractivity contribution in [2.24, 2.45) is 4.99 Å². The molecular weight excluding hydrogens is 280 g/mol. The van der Waals surface area contributed by atoms with Gasteiger partial charge < -0.3 is 5.32 Å². The third-order valence-corrected chi connectivity index (χ3v) is 4.03. The monoisotopic (exact) mass is 300 g/mol. The third-order valence-electron chi connectivity index (χ3n) is 4.03. The summed E-state index contributed by atoms with van der Waals surface area (Å²) in [7, 11) is 0. The van der Waals surface area contributed by atoms with Gasteiger partial charge in [-0.15, -0.1) is 0 Å². The molecule has 2 aromatic carbocycles. The molecule has 2 nitrogen and oxygen atoms in total. The van der Waals surface area contributed by atoms with Crippen molar-refractivity contribution in [1.82, 2.24) is 0 Å². The van der Waals surface area contributed by atoms with Crippen molar-refractivity contribution in [3.63, 3.8) is 0 Å². The lowest BCUT2D eigenvalue weighted by molar-refractivity contribution is 1.32. The summed E-state index contributed by atoms with van der Waals surface area (Å²) in [6, 6.07) is 14.6.